The van der Waals surface area contributed by atoms with Gasteiger partial charge in [0.15, 0.2) is 28.8 Å². The lowest BCUT2D eigenvalue weighted by atomic mass is 10.2. The van der Waals surface area contributed by atoms with E-state index in [0.29, 0.717) is 32.8 Å². The third kappa shape index (κ3) is 26.9. The molecule has 0 unspecified atom stereocenters. The molecule has 2 saturated heterocycles. The molecular formula is C72H76Cl6N16O31S8. The van der Waals surface area contributed by atoms with Gasteiger partial charge in [-0.25, -0.2) is 39.8 Å². The molecule has 8 aromatic carbocycles. The molecule has 0 aromatic heterocycles. The second-order valence-corrected chi connectivity index (χ2v) is 42.1. The average molecular weight is 2130 g/mol. The van der Waals surface area contributed by atoms with Gasteiger partial charge in [0.1, 0.15) is 69.3 Å². The van der Waals surface area contributed by atoms with Crippen LogP contribution in [0.15, 0.2) is 193 Å². The van der Waals surface area contributed by atoms with Crippen LogP contribution in [0.2, 0.25) is 30.1 Å². The van der Waals surface area contributed by atoms with Crippen LogP contribution in [0.3, 0.4) is 0 Å². The summed E-state index contributed by atoms with van der Waals surface area (Å²) in [5, 5.41) is 17.5. The second-order valence-electron chi connectivity index (χ2n) is 27.8. The summed E-state index contributed by atoms with van der Waals surface area (Å²) in [5.41, 5.74) is 3.31. The molecule has 3 heterocycles. The van der Waals surface area contributed by atoms with E-state index in [1.54, 1.807) is 31.2 Å². The minimum absolute atomic E-state index is 0.00236. The Balaban J connectivity index is 0.000000227. The fraction of sp³-hybridized carbons (Fsp3) is 0.167. The lowest BCUT2D eigenvalue weighted by Gasteiger charge is -2.30. The van der Waals surface area contributed by atoms with E-state index in [1.165, 1.54) is 110 Å². The highest BCUT2D eigenvalue weighted by atomic mass is 35.5. The molecule has 2 fully saturated rings. The fourth-order valence-corrected chi connectivity index (χ4v) is 19.6. The van der Waals surface area contributed by atoms with Crippen molar-refractivity contribution < 1.29 is 141 Å². The number of anilines is 8. The van der Waals surface area contributed by atoms with Gasteiger partial charge in [-0.2, -0.15) is 35.4 Å². The van der Waals surface area contributed by atoms with Gasteiger partial charge in [-0.1, -0.05) is 76.5 Å². The van der Waals surface area contributed by atoms with Crippen molar-refractivity contribution in [1.29, 1.82) is 0 Å². The summed E-state index contributed by atoms with van der Waals surface area (Å²) in [5.74, 6) is -6.74. The number of rotatable bonds is 27. The molecule has 0 spiro atoms. The van der Waals surface area contributed by atoms with Crippen molar-refractivity contribution >= 4 is 298 Å². The Bertz CT molecular complexity index is 6560. The third-order valence-electron chi connectivity index (χ3n) is 17.8. The SMILES string of the molecule is CC(=O)Nc1ccc(N=C2NN(c3c(Cl)ccc(S(O)(O)O)c3Cl)C(=O)C2=Nc2ccc(N(C)C)c(S(=O)(=O)O)c2)cc1S(O)(O)O.CC1=NN(c2ccc(C(=O)O)cc2)C(=O)C1=Nc1ccc(N(CCS(O)(O)O)CCS(O)(O)O)cc1.CCC(=O)Nc1cc(Cl)c(N=C2NN(c3c(Cl)cc(Cl)c(S(O)(O)O)c3Cl)C(=O)C2=Nc2ccc(N(C)C)c(S(=O)(=O)O)c2)c(S(=O)(=O)O)c1. The number of carboxylic acids is 1. The average Bonchev–Trinajstić information content (AvgIpc) is 1.63. The van der Waals surface area contributed by atoms with E-state index >= 15 is 0 Å². The van der Waals surface area contributed by atoms with Crippen LogP contribution in [0.25, 0.3) is 0 Å². The molecule has 11 rings (SSSR count). The Kier molecular flexibility index (Phi) is 33.6. The lowest BCUT2D eigenvalue weighted by molar-refractivity contribution is -0.116. The molecule has 0 saturated carbocycles. The fourth-order valence-electron chi connectivity index (χ4n) is 11.8. The highest BCUT2D eigenvalue weighted by Crippen LogP contribution is 2.57. The first kappa shape index (κ1) is 107. The van der Waals surface area contributed by atoms with Crippen LogP contribution in [0.5, 0.6) is 0 Å². The number of carbonyl (C=O) groups is 6. The Hall–Kier alpha value is -9.78. The van der Waals surface area contributed by atoms with Gasteiger partial charge < -0.3 is 98.7 Å². The number of aliphatic imine (C=N–C) groups is 5. The van der Waals surface area contributed by atoms with Crippen LogP contribution >= 0.6 is 124 Å². The largest absolute Gasteiger partial charge is 0.478 e. The van der Waals surface area contributed by atoms with Crippen LogP contribution in [-0.4, -0.2) is 235 Å². The van der Waals surface area contributed by atoms with E-state index in [-0.39, 0.29) is 87.1 Å². The number of hydrogen-bond donors (Lipinski definition) is 23. The van der Waals surface area contributed by atoms with E-state index < -0.39 is 215 Å². The van der Waals surface area contributed by atoms with Crippen molar-refractivity contribution in [2.24, 2.45) is 30.1 Å². The molecule has 0 atom stereocenters. The van der Waals surface area contributed by atoms with Gasteiger partial charge in [0.05, 0.1) is 130 Å². The maximum atomic E-state index is 14.0. The van der Waals surface area contributed by atoms with Crippen molar-refractivity contribution in [3.8, 4) is 0 Å². The normalized spacial score (nSPS) is 16.2. The number of halogens is 6. The van der Waals surface area contributed by atoms with Gasteiger partial charge in [-0.05, 0) is 140 Å². The molecule has 0 aliphatic carbocycles. The second kappa shape index (κ2) is 41.8. The topological polar surface area (TPSA) is 731 Å². The van der Waals surface area contributed by atoms with Gasteiger partial charge in [0.25, 0.3) is 48.1 Å². The molecule has 0 radical (unpaired) electrons. The summed E-state index contributed by atoms with van der Waals surface area (Å²) < 4.78 is 248. The van der Waals surface area contributed by atoms with Crippen molar-refractivity contribution in [3.63, 3.8) is 0 Å². The summed E-state index contributed by atoms with van der Waals surface area (Å²) in [4.78, 5) is 96.8. The highest BCUT2D eigenvalue weighted by Gasteiger charge is 2.43. The summed E-state index contributed by atoms with van der Waals surface area (Å²) in [6.07, 6.45) is 0.00236. The maximum Gasteiger partial charge on any atom is 0.335 e. The zero-order valence-corrected chi connectivity index (χ0v) is 79.6. The predicted octanol–water partition coefficient (Wildman–Crippen LogP) is 16.1. The molecule has 0 bridgehead atoms. The van der Waals surface area contributed by atoms with E-state index in [1.807, 2.05) is 0 Å². The first-order chi connectivity index (χ1) is 61.3. The van der Waals surface area contributed by atoms with Gasteiger partial charge in [0.2, 0.25) is 11.8 Å². The van der Waals surface area contributed by atoms with E-state index in [4.69, 9.17) is 74.7 Å². The molecule has 3 aliphatic rings. The molecule has 23 N–H and O–H groups in total. The Morgan fingerprint density at radius 2 is 0.910 bits per heavy atom. The molecule has 133 heavy (non-hydrogen) atoms. The van der Waals surface area contributed by atoms with Crippen LogP contribution in [0, 0.1) is 0 Å². The van der Waals surface area contributed by atoms with E-state index in [0.717, 1.165) is 60.5 Å². The minimum atomic E-state index is -5.14. The van der Waals surface area contributed by atoms with Crippen molar-refractivity contribution in [2.75, 3.05) is 93.1 Å². The number of hydrazine groups is 2. The smallest absolute Gasteiger partial charge is 0.335 e. The zero-order valence-electron chi connectivity index (χ0n) is 68.5. The summed E-state index contributed by atoms with van der Waals surface area (Å²) >= 11 is 37.7. The Labute approximate surface area is 792 Å². The third-order valence-corrected chi connectivity index (χ3v) is 26.9. The van der Waals surface area contributed by atoms with Crippen molar-refractivity contribution in [1.82, 2.24) is 10.9 Å². The number of nitrogens with zero attached hydrogens (tertiary/aromatic N) is 12. The number of aromatic carboxylic acids is 1. The van der Waals surface area contributed by atoms with Crippen molar-refractivity contribution in [3.05, 3.63) is 169 Å². The first-order valence-corrected chi connectivity index (χ1v) is 50.7. The first-order valence-electron chi connectivity index (χ1n) is 36.3. The zero-order chi connectivity index (χ0) is 99.6. The van der Waals surface area contributed by atoms with E-state index in [9.17, 15) is 136 Å². The molecule has 61 heteroatoms. The number of nitrogens with one attached hydrogen (secondary N) is 4. The molecule has 5 amide bonds. The maximum absolute atomic E-state index is 14.0. The minimum Gasteiger partial charge on any atom is -0.478 e. The Morgan fingerprint density at radius 3 is 1.35 bits per heavy atom. The quantitative estimate of drug-likeness (QED) is 0.0213. The van der Waals surface area contributed by atoms with Crippen LogP contribution in [0.4, 0.5) is 73.9 Å². The number of hydrazone groups is 1. The van der Waals surface area contributed by atoms with Gasteiger partial charge in [0, 0.05) is 66.0 Å². The van der Waals surface area contributed by atoms with Gasteiger partial charge in [-0.3, -0.25) is 48.5 Å². The number of hydrogen-bond acceptors (Lipinski definition) is 36. The predicted molar refractivity (Wildman–Crippen MR) is 511 cm³/mol. The van der Waals surface area contributed by atoms with Gasteiger partial charge in [-0.15, -0.1) is 0 Å². The summed E-state index contributed by atoms with van der Waals surface area (Å²) in [7, 11) is -29.7. The summed E-state index contributed by atoms with van der Waals surface area (Å²) in [6, 6.07) is 27.5. The number of carbonyl (C=O) groups excluding carboxylic acids is 5. The number of benzene rings is 8. The van der Waals surface area contributed by atoms with E-state index in [2.05, 4.69) is 51.5 Å². The molecule has 8 aromatic rings. The standard InChI is InChI=1S/C26H24Cl4N6O11S3.C25H26Cl2N6O11S3.C21H26N4O9S2/c1-4-19(37)31-12-7-13(27)21(18(9-12)49(42,43)44)33-25-22(32-11-5-6-16(35(2)3)17(8-11)48(39,40)41)26(38)36(34-25)23-14(28)10-15(29)24(20(23)30)50(45,46)47;1-12(34)28-16-7-4-14(10-19(16)46(39,40)41)30-24-22(29-13-5-8-17(32(2)3)20(11-13)47(42,43)44)25(35)33(31-24)23-15(26)6-9-18(21(23)27)45(36,37)38;1-14-19(20(26)25(23-14)18-6-2-15(3-7-18)21(27)28)22-16-4-8-17(9-5-16)24(10-12-35(29,30)31)11-13-36(32,33)34/h5-10,45-47H,4H2,1-3H3,(H,31,37)(H,33,34)(H,39,40,41)(H,42,43,44);4-11,36-41H,1-3H3,(H,28,34)(H,30,31)(H,42,43,44);2-9,29-34H,10-13H2,1H3,(H,27,28). The number of amidine groups is 2. The highest BCUT2D eigenvalue weighted by molar-refractivity contribution is 8.20. The summed E-state index contributed by atoms with van der Waals surface area (Å²) in [6.45, 7) is 4.17. The number of amides is 5. The molecule has 720 valence electrons. The van der Waals surface area contributed by atoms with Crippen molar-refractivity contribution in [2.45, 2.75) is 56.6 Å². The Morgan fingerprint density at radius 1 is 0.459 bits per heavy atom. The molecule has 3 aliphatic heterocycles. The van der Waals surface area contributed by atoms with Crippen LogP contribution in [-0.2, 0) is 54.3 Å². The number of carboxylic acid groups (broad SMARTS) is 1. The monoisotopic (exact) mass is 2130 g/mol. The van der Waals surface area contributed by atoms with Crippen LogP contribution < -0.4 is 51.2 Å². The molecular weight excluding hydrogens is 2050 g/mol. The lowest BCUT2D eigenvalue weighted by Crippen LogP contribution is -2.36. The molecule has 47 nitrogen and oxygen atoms in total. The van der Waals surface area contributed by atoms with Gasteiger partial charge >= 0.3 is 5.97 Å². The van der Waals surface area contributed by atoms with Crippen LogP contribution in [0.1, 0.15) is 37.6 Å².